The maximum Gasteiger partial charge on any atom is 0.335 e. The zero-order chi connectivity index (χ0) is 19.7. The summed E-state index contributed by atoms with van der Waals surface area (Å²) >= 11 is 6.37. The van der Waals surface area contributed by atoms with Gasteiger partial charge in [-0.2, -0.15) is 0 Å². The maximum absolute atomic E-state index is 11.4. The maximum atomic E-state index is 11.4. The molecule has 1 heterocycles. The lowest BCUT2D eigenvalue weighted by Gasteiger charge is -2.37. The number of aryl methyl sites for hydroxylation is 1. The summed E-state index contributed by atoms with van der Waals surface area (Å²) < 4.78 is 6.56. The van der Waals surface area contributed by atoms with E-state index in [0.717, 1.165) is 52.3 Å². The Morgan fingerprint density at radius 2 is 1.89 bits per heavy atom. The number of carboxylic acid groups (broad SMARTS) is 1. The van der Waals surface area contributed by atoms with Crippen LogP contribution in [0.25, 0.3) is 11.1 Å². The third-order valence-electron chi connectivity index (χ3n) is 5.31. The lowest BCUT2D eigenvalue weighted by molar-refractivity contribution is 0.0660. The molecular formula is C24H21ClO3. The summed E-state index contributed by atoms with van der Waals surface area (Å²) in [7, 11) is 0. The van der Waals surface area contributed by atoms with E-state index in [1.807, 2.05) is 42.5 Å². The van der Waals surface area contributed by atoms with E-state index in [4.69, 9.17) is 16.3 Å². The van der Waals surface area contributed by atoms with Crippen LogP contribution in [0.1, 0.15) is 34.8 Å². The van der Waals surface area contributed by atoms with Gasteiger partial charge in [0.15, 0.2) is 0 Å². The standard InChI is InChI=1S/C24H21ClO3/c1-24(15-19-6-2-3-11-21(19)25)13-12-16-7-5-10-20(22(16)28-24)17-8-4-9-18(14-17)23(26)27/h2-11,14H,12-13,15H2,1H3,(H,26,27)/t24-/m0/s1. The summed E-state index contributed by atoms with van der Waals surface area (Å²) in [5, 5.41) is 10.1. The van der Waals surface area contributed by atoms with Gasteiger partial charge >= 0.3 is 5.97 Å². The van der Waals surface area contributed by atoms with Crippen LogP contribution >= 0.6 is 11.6 Å². The SMILES string of the molecule is C[C@@]1(Cc2ccccc2Cl)CCc2cccc(-c3cccc(C(=O)O)c3)c2O1. The molecule has 142 valence electrons. The molecule has 1 aliphatic rings. The number of aromatic carboxylic acids is 1. The van der Waals surface area contributed by atoms with Gasteiger partial charge in [-0.3, -0.25) is 0 Å². The smallest absolute Gasteiger partial charge is 0.335 e. The van der Waals surface area contributed by atoms with Gasteiger partial charge in [-0.1, -0.05) is 60.1 Å². The molecule has 1 atom stereocenters. The molecule has 0 aliphatic carbocycles. The van der Waals surface area contributed by atoms with Crippen LogP contribution in [0.3, 0.4) is 0 Å². The van der Waals surface area contributed by atoms with Gasteiger partial charge < -0.3 is 9.84 Å². The highest BCUT2D eigenvalue weighted by atomic mass is 35.5. The van der Waals surface area contributed by atoms with Crippen molar-refractivity contribution in [3.8, 4) is 16.9 Å². The average molecular weight is 393 g/mol. The van der Waals surface area contributed by atoms with Crippen molar-refractivity contribution < 1.29 is 14.6 Å². The monoisotopic (exact) mass is 392 g/mol. The lowest BCUT2D eigenvalue weighted by Crippen LogP contribution is -2.38. The molecule has 0 spiro atoms. The van der Waals surface area contributed by atoms with E-state index in [1.165, 1.54) is 0 Å². The second-order valence-corrected chi connectivity index (χ2v) is 7.91. The Hall–Kier alpha value is -2.78. The summed E-state index contributed by atoms with van der Waals surface area (Å²) in [5.74, 6) is -0.0954. The highest BCUT2D eigenvalue weighted by Gasteiger charge is 2.33. The lowest BCUT2D eigenvalue weighted by atomic mass is 9.85. The third kappa shape index (κ3) is 3.63. The van der Waals surface area contributed by atoms with Gasteiger partial charge in [0.05, 0.1) is 5.56 Å². The topological polar surface area (TPSA) is 46.5 Å². The highest BCUT2D eigenvalue weighted by molar-refractivity contribution is 6.31. The number of hydrogen-bond donors (Lipinski definition) is 1. The number of carbonyl (C=O) groups is 1. The van der Waals surface area contributed by atoms with E-state index < -0.39 is 5.97 Å². The minimum atomic E-state index is -0.934. The molecule has 0 unspecified atom stereocenters. The average Bonchev–Trinajstić information content (AvgIpc) is 2.69. The number of rotatable bonds is 4. The van der Waals surface area contributed by atoms with Crippen LogP contribution in [0.5, 0.6) is 5.75 Å². The molecule has 4 rings (SSSR count). The Morgan fingerprint density at radius 3 is 2.68 bits per heavy atom. The van der Waals surface area contributed by atoms with E-state index >= 15 is 0 Å². The van der Waals surface area contributed by atoms with Crippen LogP contribution < -0.4 is 4.74 Å². The highest BCUT2D eigenvalue weighted by Crippen LogP contribution is 2.42. The van der Waals surface area contributed by atoms with Gasteiger partial charge in [0, 0.05) is 17.0 Å². The molecule has 0 aromatic heterocycles. The van der Waals surface area contributed by atoms with E-state index in [-0.39, 0.29) is 11.2 Å². The zero-order valence-corrected chi connectivity index (χ0v) is 16.4. The molecule has 4 heteroatoms. The van der Waals surface area contributed by atoms with Crippen molar-refractivity contribution in [3.05, 3.63) is 88.4 Å². The van der Waals surface area contributed by atoms with Gasteiger partial charge in [0.25, 0.3) is 0 Å². The number of hydrogen-bond acceptors (Lipinski definition) is 2. The molecule has 28 heavy (non-hydrogen) atoms. The van der Waals surface area contributed by atoms with Gasteiger partial charge in [-0.25, -0.2) is 4.79 Å². The van der Waals surface area contributed by atoms with Crippen molar-refractivity contribution in [3.63, 3.8) is 0 Å². The van der Waals surface area contributed by atoms with Crippen LogP contribution in [0.2, 0.25) is 5.02 Å². The number of fused-ring (bicyclic) bond motifs is 1. The molecule has 3 nitrogen and oxygen atoms in total. The fourth-order valence-electron chi connectivity index (χ4n) is 3.81. The number of halogens is 1. The summed E-state index contributed by atoms with van der Waals surface area (Å²) in [6, 6.07) is 20.9. The van der Waals surface area contributed by atoms with Crippen LogP contribution in [0.4, 0.5) is 0 Å². The minimum Gasteiger partial charge on any atom is -0.486 e. The van der Waals surface area contributed by atoms with Crippen molar-refractivity contribution in [1.82, 2.24) is 0 Å². The third-order valence-corrected chi connectivity index (χ3v) is 5.68. The van der Waals surface area contributed by atoms with Crippen LogP contribution in [0.15, 0.2) is 66.7 Å². The summed E-state index contributed by atoms with van der Waals surface area (Å²) in [4.78, 5) is 11.4. The van der Waals surface area contributed by atoms with E-state index in [0.29, 0.717) is 0 Å². The van der Waals surface area contributed by atoms with Crippen molar-refractivity contribution in [2.75, 3.05) is 0 Å². The quantitative estimate of drug-likeness (QED) is 0.589. The van der Waals surface area contributed by atoms with Gasteiger partial charge in [0.2, 0.25) is 0 Å². The van der Waals surface area contributed by atoms with Crippen LogP contribution in [-0.2, 0) is 12.8 Å². The Labute approximate surface area is 169 Å². The van der Waals surface area contributed by atoms with Crippen LogP contribution in [0, 0.1) is 0 Å². The predicted octanol–water partition coefficient (Wildman–Crippen LogP) is 6.03. The first-order valence-corrected chi connectivity index (χ1v) is 9.71. The molecule has 0 radical (unpaired) electrons. The molecule has 0 saturated carbocycles. The summed E-state index contributed by atoms with van der Waals surface area (Å²) in [6.45, 7) is 2.11. The van der Waals surface area contributed by atoms with Crippen molar-refractivity contribution in [2.24, 2.45) is 0 Å². The fraction of sp³-hybridized carbons (Fsp3) is 0.208. The van der Waals surface area contributed by atoms with Gasteiger partial charge in [-0.15, -0.1) is 0 Å². The Bertz CT molecular complexity index is 1040. The zero-order valence-electron chi connectivity index (χ0n) is 15.6. The molecule has 3 aromatic carbocycles. The van der Waals surface area contributed by atoms with E-state index in [1.54, 1.807) is 18.2 Å². The second-order valence-electron chi connectivity index (χ2n) is 7.50. The Kier molecular flexibility index (Phi) is 4.86. The fourth-order valence-corrected chi connectivity index (χ4v) is 4.02. The van der Waals surface area contributed by atoms with Crippen LogP contribution in [-0.4, -0.2) is 16.7 Å². The molecule has 0 saturated heterocycles. The molecule has 0 bridgehead atoms. The Balaban J connectivity index is 1.71. The number of para-hydroxylation sites is 1. The normalized spacial score (nSPS) is 18.2. The first-order chi connectivity index (χ1) is 13.5. The Morgan fingerprint density at radius 1 is 1.11 bits per heavy atom. The van der Waals surface area contributed by atoms with Gasteiger partial charge in [0.1, 0.15) is 11.4 Å². The molecule has 0 fully saturated rings. The number of carboxylic acids is 1. The second kappa shape index (κ2) is 7.33. The summed E-state index contributed by atoms with van der Waals surface area (Å²) in [6.07, 6.45) is 2.52. The molecular weight excluding hydrogens is 372 g/mol. The molecule has 0 amide bonds. The van der Waals surface area contributed by atoms with E-state index in [9.17, 15) is 9.90 Å². The largest absolute Gasteiger partial charge is 0.486 e. The molecule has 3 aromatic rings. The molecule has 1 aliphatic heterocycles. The van der Waals surface area contributed by atoms with Crippen molar-refractivity contribution >= 4 is 17.6 Å². The predicted molar refractivity (Wildman–Crippen MR) is 111 cm³/mol. The number of benzene rings is 3. The van der Waals surface area contributed by atoms with E-state index in [2.05, 4.69) is 13.0 Å². The number of ether oxygens (including phenoxy) is 1. The molecule has 1 N–H and O–H groups in total. The minimum absolute atomic E-state index is 0.268. The summed E-state index contributed by atoms with van der Waals surface area (Å²) in [5.41, 5.74) is 3.88. The van der Waals surface area contributed by atoms with Crippen molar-refractivity contribution in [2.45, 2.75) is 31.8 Å². The van der Waals surface area contributed by atoms with Gasteiger partial charge in [-0.05, 0) is 54.7 Å². The first kappa shape index (κ1) is 18.6. The first-order valence-electron chi connectivity index (χ1n) is 9.33. The van der Waals surface area contributed by atoms with Crippen molar-refractivity contribution in [1.29, 1.82) is 0 Å².